The van der Waals surface area contributed by atoms with Crippen LogP contribution < -0.4 is 20.3 Å². The number of ether oxygens (including phenoxy) is 2. The first-order chi connectivity index (χ1) is 14.9. The molecule has 2 heterocycles. The summed E-state index contributed by atoms with van der Waals surface area (Å²) in [6, 6.07) is 5.34. The van der Waals surface area contributed by atoms with Crippen LogP contribution in [0.1, 0.15) is 60.3 Å². The Kier molecular flexibility index (Phi) is 5.71. The van der Waals surface area contributed by atoms with E-state index >= 15 is 0 Å². The molecule has 8 heteroatoms. The number of nitrogens with one attached hydrogen (secondary N) is 1. The molecule has 164 valence electrons. The van der Waals surface area contributed by atoms with E-state index in [-0.39, 0.29) is 40.3 Å². The molecule has 0 spiro atoms. The molecule has 1 aliphatic carbocycles. The summed E-state index contributed by atoms with van der Waals surface area (Å²) in [7, 11) is 3.19. The highest BCUT2D eigenvalue weighted by Gasteiger charge is 2.24. The van der Waals surface area contributed by atoms with Gasteiger partial charge < -0.3 is 23.8 Å². The van der Waals surface area contributed by atoms with Crippen molar-refractivity contribution in [2.75, 3.05) is 7.11 Å². The monoisotopic (exact) mass is 425 g/mol. The Morgan fingerprint density at radius 3 is 2.74 bits per heavy atom. The van der Waals surface area contributed by atoms with Crippen molar-refractivity contribution in [1.29, 1.82) is 0 Å². The summed E-state index contributed by atoms with van der Waals surface area (Å²) < 4.78 is 18.5. The van der Waals surface area contributed by atoms with E-state index in [1.807, 2.05) is 25.1 Å². The Hall–Kier alpha value is -3.29. The summed E-state index contributed by atoms with van der Waals surface area (Å²) in [6.07, 6.45) is 6.10. The average molecular weight is 425 g/mol. The molecule has 1 saturated carbocycles. The topological polar surface area (TPSA) is 95.6 Å². The van der Waals surface area contributed by atoms with Gasteiger partial charge >= 0.3 is 0 Å². The Morgan fingerprint density at radius 2 is 2.03 bits per heavy atom. The second-order valence-corrected chi connectivity index (χ2v) is 8.00. The minimum Gasteiger partial charge on any atom is -0.493 e. The van der Waals surface area contributed by atoms with Gasteiger partial charge in [0.05, 0.1) is 24.8 Å². The van der Waals surface area contributed by atoms with Crippen LogP contribution in [0.4, 0.5) is 0 Å². The number of aromatic nitrogens is 2. The van der Waals surface area contributed by atoms with E-state index in [2.05, 4.69) is 10.3 Å². The third-order valence-corrected chi connectivity index (χ3v) is 5.81. The van der Waals surface area contributed by atoms with Gasteiger partial charge in [0.15, 0.2) is 11.5 Å². The van der Waals surface area contributed by atoms with Gasteiger partial charge in [0, 0.05) is 7.05 Å². The molecule has 0 saturated heterocycles. The lowest BCUT2D eigenvalue weighted by Crippen LogP contribution is -2.28. The quantitative estimate of drug-likeness (QED) is 0.648. The molecule has 31 heavy (non-hydrogen) atoms. The molecule has 1 fully saturated rings. The second-order valence-electron chi connectivity index (χ2n) is 8.00. The number of rotatable bonds is 6. The van der Waals surface area contributed by atoms with Crippen LogP contribution in [0, 0.1) is 6.92 Å². The lowest BCUT2D eigenvalue weighted by molar-refractivity contribution is 0.0939. The maximum Gasteiger partial charge on any atom is 0.265 e. The van der Waals surface area contributed by atoms with Crippen LogP contribution in [0.3, 0.4) is 0 Å². The van der Waals surface area contributed by atoms with Crippen LogP contribution in [0.2, 0.25) is 0 Å². The van der Waals surface area contributed by atoms with Crippen molar-refractivity contribution < 1.29 is 18.7 Å². The van der Waals surface area contributed by atoms with E-state index in [0.717, 1.165) is 18.4 Å². The maximum atomic E-state index is 13.0. The van der Waals surface area contributed by atoms with Gasteiger partial charge in [-0.1, -0.05) is 6.07 Å². The second kappa shape index (κ2) is 8.45. The van der Waals surface area contributed by atoms with Gasteiger partial charge in [0.25, 0.3) is 11.5 Å². The molecule has 1 atom stereocenters. The molecule has 1 aliphatic rings. The largest absolute Gasteiger partial charge is 0.493 e. The van der Waals surface area contributed by atoms with E-state index in [0.29, 0.717) is 17.3 Å². The molecule has 1 aromatic carbocycles. The van der Waals surface area contributed by atoms with E-state index in [9.17, 15) is 9.59 Å². The number of carbonyl (C=O) groups is 1. The van der Waals surface area contributed by atoms with E-state index < -0.39 is 0 Å². The fraction of sp³-hybridized carbons (Fsp3) is 0.435. The van der Waals surface area contributed by atoms with E-state index in [1.165, 1.54) is 23.7 Å². The summed E-state index contributed by atoms with van der Waals surface area (Å²) in [5.41, 5.74) is 0.910. The van der Waals surface area contributed by atoms with E-state index in [4.69, 9.17) is 13.9 Å². The van der Waals surface area contributed by atoms with Crippen LogP contribution in [0.15, 0.2) is 33.7 Å². The normalized spacial score (nSPS) is 15.2. The van der Waals surface area contributed by atoms with Gasteiger partial charge in [-0.15, -0.1) is 0 Å². The standard InChI is InChI=1S/C23H27N3O5/c1-13(15-9-10-17(18(11-15)29-4)31-16-7-5-6-8-16)25-21(27)19-14(2)30-22-20(19)23(28)26(3)12-24-22/h9-13,16H,5-8H2,1-4H3,(H,25,27). The fourth-order valence-electron chi connectivity index (χ4n) is 4.05. The molecule has 8 nitrogen and oxygen atoms in total. The number of carbonyl (C=O) groups excluding carboxylic acids is 1. The molecular formula is C23H27N3O5. The lowest BCUT2D eigenvalue weighted by atomic mass is 10.1. The highest BCUT2D eigenvalue weighted by Crippen LogP contribution is 2.34. The summed E-state index contributed by atoms with van der Waals surface area (Å²) in [5, 5.41) is 3.14. The Morgan fingerprint density at radius 1 is 1.29 bits per heavy atom. The average Bonchev–Trinajstić information content (AvgIpc) is 3.38. The SMILES string of the molecule is COc1cc(C(C)NC(=O)c2c(C)oc3ncn(C)c(=O)c23)ccc1OC1CCCC1. The van der Waals surface area contributed by atoms with Crippen LogP contribution >= 0.6 is 0 Å². The summed E-state index contributed by atoms with van der Waals surface area (Å²) >= 11 is 0. The predicted octanol–water partition coefficient (Wildman–Crippen LogP) is 3.66. The first-order valence-corrected chi connectivity index (χ1v) is 10.5. The highest BCUT2D eigenvalue weighted by molar-refractivity contribution is 6.06. The number of nitrogens with zero attached hydrogens (tertiary/aromatic N) is 2. The Balaban J connectivity index is 1.57. The van der Waals surface area contributed by atoms with Crippen molar-refractivity contribution in [3.63, 3.8) is 0 Å². The number of aryl methyl sites for hydroxylation is 2. The van der Waals surface area contributed by atoms with Crippen molar-refractivity contribution in [3.8, 4) is 11.5 Å². The zero-order valence-electron chi connectivity index (χ0n) is 18.2. The van der Waals surface area contributed by atoms with Gasteiger partial charge in [0.2, 0.25) is 5.71 Å². The molecular weight excluding hydrogens is 398 g/mol. The number of fused-ring (bicyclic) bond motifs is 1. The molecule has 2 aromatic heterocycles. The fourth-order valence-corrected chi connectivity index (χ4v) is 4.05. The van der Waals surface area contributed by atoms with Crippen LogP contribution in [-0.2, 0) is 7.05 Å². The van der Waals surface area contributed by atoms with Gasteiger partial charge in [-0.25, -0.2) is 4.98 Å². The van der Waals surface area contributed by atoms with Crippen molar-refractivity contribution in [2.24, 2.45) is 7.05 Å². The van der Waals surface area contributed by atoms with Gasteiger partial charge in [-0.2, -0.15) is 0 Å². The number of benzene rings is 1. The van der Waals surface area contributed by atoms with Crippen molar-refractivity contribution >= 4 is 17.0 Å². The molecule has 0 bridgehead atoms. The lowest BCUT2D eigenvalue weighted by Gasteiger charge is -2.19. The first kappa shape index (κ1) is 21.0. The summed E-state index contributed by atoms with van der Waals surface area (Å²) in [4.78, 5) is 29.7. The minimum atomic E-state index is -0.390. The molecule has 4 rings (SSSR count). The summed E-state index contributed by atoms with van der Waals surface area (Å²) in [6.45, 7) is 3.52. The molecule has 3 aromatic rings. The summed E-state index contributed by atoms with van der Waals surface area (Å²) in [5.74, 6) is 1.31. The zero-order valence-corrected chi connectivity index (χ0v) is 18.2. The van der Waals surface area contributed by atoms with Crippen LogP contribution in [0.25, 0.3) is 11.1 Å². The number of amides is 1. The van der Waals surface area contributed by atoms with Crippen molar-refractivity contribution in [1.82, 2.24) is 14.9 Å². The van der Waals surface area contributed by atoms with Crippen molar-refractivity contribution in [2.45, 2.75) is 51.7 Å². The molecule has 0 radical (unpaired) electrons. The van der Waals surface area contributed by atoms with E-state index in [1.54, 1.807) is 21.1 Å². The third kappa shape index (κ3) is 4.02. The van der Waals surface area contributed by atoms with Gasteiger partial charge in [-0.3, -0.25) is 9.59 Å². The van der Waals surface area contributed by atoms with Gasteiger partial charge in [-0.05, 0) is 57.2 Å². The van der Waals surface area contributed by atoms with Gasteiger partial charge in [0.1, 0.15) is 17.5 Å². The van der Waals surface area contributed by atoms with Crippen LogP contribution in [0.5, 0.6) is 11.5 Å². The number of hydrogen-bond acceptors (Lipinski definition) is 6. The first-order valence-electron chi connectivity index (χ1n) is 10.5. The Labute approximate surface area is 180 Å². The molecule has 1 unspecified atom stereocenters. The third-order valence-electron chi connectivity index (χ3n) is 5.81. The smallest absolute Gasteiger partial charge is 0.265 e. The predicted molar refractivity (Wildman–Crippen MR) is 116 cm³/mol. The zero-order chi connectivity index (χ0) is 22.1. The molecule has 1 amide bonds. The Bertz CT molecular complexity index is 1170. The maximum absolute atomic E-state index is 13.0. The van der Waals surface area contributed by atoms with Crippen LogP contribution in [-0.4, -0.2) is 28.7 Å². The van der Waals surface area contributed by atoms with Crippen molar-refractivity contribution in [3.05, 3.63) is 51.8 Å². The number of methoxy groups -OCH3 is 1. The highest BCUT2D eigenvalue weighted by atomic mass is 16.5. The number of furan rings is 1. The molecule has 1 N–H and O–H groups in total. The minimum absolute atomic E-state index is 0.161. The molecule has 0 aliphatic heterocycles. The number of hydrogen-bond donors (Lipinski definition) is 1.